The zero-order valence-electron chi connectivity index (χ0n) is 16.7. The Kier molecular flexibility index (Phi) is 6.61. The predicted octanol–water partition coefficient (Wildman–Crippen LogP) is 3.10. The van der Waals surface area contributed by atoms with Crippen molar-refractivity contribution < 1.29 is 8.42 Å². The lowest BCUT2D eigenvalue weighted by atomic mass is 10.2. The van der Waals surface area contributed by atoms with E-state index in [0.29, 0.717) is 23.9 Å². The van der Waals surface area contributed by atoms with Gasteiger partial charge in [-0.05, 0) is 50.2 Å². The van der Waals surface area contributed by atoms with Crippen molar-refractivity contribution >= 4 is 27.5 Å². The van der Waals surface area contributed by atoms with E-state index in [1.54, 1.807) is 0 Å². The molecule has 0 spiro atoms. The molecule has 3 N–H and O–H groups in total. The zero-order chi connectivity index (χ0) is 21.6. The maximum Gasteiger partial charge on any atom is 0.240 e. The number of nitriles is 1. The van der Waals surface area contributed by atoms with Crippen molar-refractivity contribution in [2.75, 3.05) is 23.7 Å². The van der Waals surface area contributed by atoms with E-state index in [1.165, 1.54) is 29.8 Å². The SMILES string of the molecule is Cc1ccc(Nc2cc(C)nc(NCCNS(=O)(=O)c3ccc(C#N)cc3)n2)cc1. The Morgan fingerprint density at radius 2 is 1.67 bits per heavy atom. The first-order chi connectivity index (χ1) is 14.4. The lowest BCUT2D eigenvalue weighted by Crippen LogP contribution is -2.29. The van der Waals surface area contributed by atoms with Crippen LogP contribution in [-0.2, 0) is 10.0 Å². The van der Waals surface area contributed by atoms with Crippen LogP contribution in [-0.4, -0.2) is 31.5 Å². The fourth-order valence-electron chi connectivity index (χ4n) is 2.65. The van der Waals surface area contributed by atoms with Crippen molar-refractivity contribution in [3.8, 4) is 6.07 Å². The van der Waals surface area contributed by atoms with Gasteiger partial charge in [0.15, 0.2) is 0 Å². The molecule has 0 aliphatic heterocycles. The maximum atomic E-state index is 12.3. The van der Waals surface area contributed by atoms with Gasteiger partial charge in [-0.15, -0.1) is 0 Å². The minimum Gasteiger partial charge on any atom is -0.353 e. The summed E-state index contributed by atoms with van der Waals surface area (Å²) in [6.07, 6.45) is 0. The van der Waals surface area contributed by atoms with Crippen molar-refractivity contribution in [1.82, 2.24) is 14.7 Å². The van der Waals surface area contributed by atoms with E-state index in [0.717, 1.165) is 11.4 Å². The summed E-state index contributed by atoms with van der Waals surface area (Å²) in [5.74, 6) is 1.05. The van der Waals surface area contributed by atoms with Crippen LogP contribution in [0.4, 0.5) is 17.5 Å². The molecule has 0 aliphatic carbocycles. The van der Waals surface area contributed by atoms with Gasteiger partial charge in [0.2, 0.25) is 16.0 Å². The largest absolute Gasteiger partial charge is 0.353 e. The molecule has 30 heavy (non-hydrogen) atoms. The van der Waals surface area contributed by atoms with Crippen molar-refractivity contribution in [3.05, 3.63) is 71.4 Å². The number of nitrogens with one attached hydrogen (secondary N) is 3. The molecule has 0 unspecified atom stereocenters. The molecule has 0 saturated carbocycles. The number of rotatable bonds is 8. The Labute approximate surface area is 176 Å². The highest BCUT2D eigenvalue weighted by atomic mass is 32.2. The molecule has 0 bridgehead atoms. The Morgan fingerprint density at radius 3 is 2.33 bits per heavy atom. The summed E-state index contributed by atoms with van der Waals surface area (Å²) in [6, 6.07) is 17.5. The second kappa shape index (κ2) is 9.35. The number of hydrogen-bond donors (Lipinski definition) is 3. The third kappa shape index (κ3) is 5.76. The van der Waals surface area contributed by atoms with Crippen molar-refractivity contribution in [1.29, 1.82) is 5.26 Å². The molecule has 0 fully saturated rings. The van der Waals surface area contributed by atoms with Gasteiger partial charge >= 0.3 is 0 Å². The Balaban J connectivity index is 1.57. The van der Waals surface area contributed by atoms with Crippen molar-refractivity contribution in [2.45, 2.75) is 18.7 Å². The van der Waals surface area contributed by atoms with E-state index in [1.807, 2.05) is 50.2 Å². The second-order valence-corrected chi connectivity index (χ2v) is 8.44. The molecule has 3 aromatic rings. The third-order valence-corrected chi connectivity index (χ3v) is 5.65. The van der Waals surface area contributed by atoms with Gasteiger partial charge in [0, 0.05) is 30.5 Å². The highest BCUT2D eigenvalue weighted by Crippen LogP contribution is 2.17. The molecule has 8 nitrogen and oxygen atoms in total. The molecular formula is C21H22N6O2S. The van der Waals surface area contributed by atoms with Crippen LogP contribution < -0.4 is 15.4 Å². The fourth-order valence-corrected chi connectivity index (χ4v) is 3.68. The summed E-state index contributed by atoms with van der Waals surface area (Å²) in [5.41, 5.74) is 3.27. The van der Waals surface area contributed by atoms with Gasteiger partial charge in [-0.3, -0.25) is 0 Å². The summed E-state index contributed by atoms with van der Waals surface area (Å²) in [6.45, 7) is 4.35. The topological polar surface area (TPSA) is 120 Å². The smallest absolute Gasteiger partial charge is 0.240 e. The number of anilines is 3. The minimum atomic E-state index is -3.65. The van der Waals surface area contributed by atoms with Crippen LogP contribution in [0, 0.1) is 25.2 Å². The van der Waals surface area contributed by atoms with E-state index >= 15 is 0 Å². The summed E-state index contributed by atoms with van der Waals surface area (Å²) in [7, 11) is -3.65. The first-order valence-electron chi connectivity index (χ1n) is 9.29. The van der Waals surface area contributed by atoms with Crippen LogP contribution in [0.2, 0.25) is 0 Å². The van der Waals surface area contributed by atoms with Gasteiger partial charge in [0.1, 0.15) is 5.82 Å². The summed E-state index contributed by atoms with van der Waals surface area (Å²) >= 11 is 0. The normalized spacial score (nSPS) is 11.0. The minimum absolute atomic E-state index is 0.109. The maximum absolute atomic E-state index is 12.3. The third-order valence-electron chi connectivity index (χ3n) is 4.17. The fraction of sp³-hybridized carbons (Fsp3) is 0.190. The van der Waals surface area contributed by atoms with Gasteiger partial charge in [-0.2, -0.15) is 10.2 Å². The quantitative estimate of drug-likeness (QED) is 0.477. The number of sulfonamides is 1. The molecule has 9 heteroatoms. The molecule has 2 aromatic carbocycles. The molecule has 3 rings (SSSR count). The number of nitrogens with zero attached hydrogens (tertiary/aromatic N) is 3. The molecule has 1 aromatic heterocycles. The molecule has 0 saturated heterocycles. The summed E-state index contributed by atoms with van der Waals surface area (Å²) < 4.78 is 27.1. The van der Waals surface area contributed by atoms with E-state index in [4.69, 9.17) is 5.26 Å². The number of aromatic nitrogens is 2. The second-order valence-electron chi connectivity index (χ2n) is 6.67. The molecule has 1 heterocycles. The Hall–Kier alpha value is -3.48. The van der Waals surface area contributed by atoms with E-state index < -0.39 is 10.0 Å². The molecule has 154 valence electrons. The number of aryl methyl sites for hydroxylation is 2. The van der Waals surface area contributed by atoms with Crippen LogP contribution >= 0.6 is 0 Å². The lowest BCUT2D eigenvalue weighted by molar-refractivity contribution is 0.583. The lowest BCUT2D eigenvalue weighted by Gasteiger charge is -2.11. The van der Waals surface area contributed by atoms with Crippen LogP contribution in [0.15, 0.2) is 59.5 Å². The van der Waals surface area contributed by atoms with Crippen LogP contribution in [0.1, 0.15) is 16.8 Å². The van der Waals surface area contributed by atoms with Gasteiger partial charge in [-0.1, -0.05) is 17.7 Å². The highest BCUT2D eigenvalue weighted by Gasteiger charge is 2.13. The first kappa shape index (κ1) is 21.2. The van der Waals surface area contributed by atoms with E-state index in [9.17, 15) is 8.42 Å². The molecule has 0 radical (unpaired) electrons. The highest BCUT2D eigenvalue weighted by molar-refractivity contribution is 7.89. The zero-order valence-corrected chi connectivity index (χ0v) is 17.5. The molecule has 0 atom stereocenters. The summed E-state index contributed by atoms with van der Waals surface area (Å²) in [4.78, 5) is 8.86. The van der Waals surface area contributed by atoms with Crippen LogP contribution in [0.5, 0.6) is 0 Å². The Bertz CT molecular complexity index is 1150. The predicted molar refractivity (Wildman–Crippen MR) is 116 cm³/mol. The van der Waals surface area contributed by atoms with Crippen LogP contribution in [0.25, 0.3) is 0 Å². The van der Waals surface area contributed by atoms with Crippen LogP contribution in [0.3, 0.4) is 0 Å². The van der Waals surface area contributed by atoms with E-state index in [-0.39, 0.29) is 11.4 Å². The standard InChI is InChI=1S/C21H22N6O2S/c1-15-3-7-18(8-4-15)26-20-13-16(2)25-21(27-20)23-11-12-24-30(28,29)19-9-5-17(14-22)6-10-19/h3-10,13,24H,11-12H2,1-2H3,(H2,23,25,26,27). The monoisotopic (exact) mass is 422 g/mol. The van der Waals surface area contributed by atoms with Crippen molar-refractivity contribution in [3.63, 3.8) is 0 Å². The number of benzene rings is 2. The van der Waals surface area contributed by atoms with Gasteiger partial charge in [0.05, 0.1) is 16.5 Å². The Morgan fingerprint density at radius 1 is 0.967 bits per heavy atom. The molecular weight excluding hydrogens is 400 g/mol. The average Bonchev–Trinajstić information content (AvgIpc) is 2.73. The summed E-state index contributed by atoms with van der Waals surface area (Å²) in [5, 5.41) is 15.1. The number of hydrogen-bond acceptors (Lipinski definition) is 7. The van der Waals surface area contributed by atoms with Gasteiger partial charge < -0.3 is 10.6 Å². The van der Waals surface area contributed by atoms with E-state index in [2.05, 4.69) is 25.3 Å². The van der Waals surface area contributed by atoms with Gasteiger partial charge in [-0.25, -0.2) is 18.1 Å². The first-order valence-corrected chi connectivity index (χ1v) is 10.8. The average molecular weight is 423 g/mol. The van der Waals surface area contributed by atoms with Crippen molar-refractivity contribution in [2.24, 2.45) is 0 Å². The molecule has 0 aliphatic rings. The molecule has 0 amide bonds. The van der Waals surface area contributed by atoms with Gasteiger partial charge in [0.25, 0.3) is 0 Å².